The van der Waals surface area contributed by atoms with Gasteiger partial charge in [-0.05, 0) is 49.3 Å². The Hall–Kier alpha value is -0.640. The van der Waals surface area contributed by atoms with Gasteiger partial charge >= 0.3 is 0 Å². The zero-order chi connectivity index (χ0) is 13.0. The summed E-state index contributed by atoms with van der Waals surface area (Å²) in [5.74, 6) is 0.107. The Morgan fingerprint density at radius 2 is 2.00 bits per heavy atom. The van der Waals surface area contributed by atoms with Gasteiger partial charge in [0.1, 0.15) is 5.82 Å². The Labute approximate surface area is 112 Å². The number of aliphatic hydroxyl groups excluding tert-OH is 1. The van der Waals surface area contributed by atoms with Crippen LogP contribution in [0.3, 0.4) is 0 Å². The van der Waals surface area contributed by atoms with Crippen LogP contribution in [0, 0.1) is 11.7 Å². The molecule has 0 spiro atoms. The lowest BCUT2D eigenvalue weighted by Gasteiger charge is -2.28. The van der Waals surface area contributed by atoms with Crippen molar-refractivity contribution in [2.24, 2.45) is 5.92 Å². The zero-order valence-corrected chi connectivity index (χ0v) is 11.1. The molecular formula is C14H19ClFNO. The van der Waals surface area contributed by atoms with Crippen LogP contribution in [0.25, 0.3) is 0 Å². The summed E-state index contributed by atoms with van der Waals surface area (Å²) < 4.78 is 13.3. The SMILES string of the molecule is OCC1CCC(NCc2ccc(Cl)c(F)c2)CC1. The van der Waals surface area contributed by atoms with Gasteiger partial charge in [0.25, 0.3) is 0 Å². The third kappa shape index (κ3) is 3.67. The molecule has 0 unspecified atom stereocenters. The molecule has 0 saturated heterocycles. The molecule has 1 aliphatic rings. The summed E-state index contributed by atoms with van der Waals surface area (Å²) in [5, 5.41) is 12.7. The predicted molar refractivity (Wildman–Crippen MR) is 71.1 cm³/mol. The number of hydrogen-bond donors (Lipinski definition) is 2. The highest BCUT2D eigenvalue weighted by Gasteiger charge is 2.19. The van der Waals surface area contributed by atoms with Crippen LogP contribution in [0.4, 0.5) is 4.39 Å². The first kappa shape index (κ1) is 13.8. The lowest BCUT2D eigenvalue weighted by atomic mass is 9.86. The van der Waals surface area contributed by atoms with Crippen molar-refractivity contribution in [3.63, 3.8) is 0 Å². The van der Waals surface area contributed by atoms with Gasteiger partial charge in [-0.1, -0.05) is 17.7 Å². The van der Waals surface area contributed by atoms with E-state index in [1.807, 2.05) is 6.07 Å². The minimum atomic E-state index is -0.361. The smallest absolute Gasteiger partial charge is 0.142 e. The van der Waals surface area contributed by atoms with Crippen molar-refractivity contribution in [3.05, 3.63) is 34.6 Å². The molecule has 100 valence electrons. The molecule has 0 heterocycles. The molecule has 0 atom stereocenters. The van der Waals surface area contributed by atoms with Gasteiger partial charge in [-0.3, -0.25) is 0 Å². The van der Waals surface area contributed by atoms with Crippen molar-refractivity contribution < 1.29 is 9.50 Å². The van der Waals surface area contributed by atoms with Crippen molar-refractivity contribution in [3.8, 4) is 0 Å². The molecule has 1 saturated carbocycles. The highest BCUT2D eigenvalue weighted by atomic mass is 35.5. The molecule has 1 aromatic rings. The first-order valence-corrected chi connectivity index (χ1v) is 6.85. The standard InChI is InChI=1S/C14H19ClFNO/c15-13-6-3-11(7-14(13)16)8-17-12-4-1-10(9-18)2-5-12/h3,6-7,10,12,17-18H,1-2,4-5,8-9H2. The summed E-state index contributed by atoms with van der Waals surface area (Å²) >= 11 is 5.64. The van der Waals surface area contributed by atoms with E-state index in [9.17, 15) is 4.39 Å². The molecule has 18 heavy (non-hydrogen) atoms. The van der Waals surface area contributed by atoms with Crippen molar-refractivity contribution >= 4 is 11.6 Å². The van der Waals surface area contributed by atoms with Crippen LogP contribution >= 0.6 is 11.6 Å². The summed E-state index contributed by atoms with van der Waals surface area (Å²) in [6.45, 7) is 0.970. The minimum absolute atomic E-state index is 0.169. The van der Waals surface area contributed by atoms with Crippen LogP contribution in [-0.2, 0) is 6.54 Å². The van der Waals surface area contributed by atoms with E-state index in [4.69, 9.17) is 16.7 Å². The minimum Gasteiger partial charge on any atom is -0.396 e. The fourth-order valence-corrected chi connectivity index (χ4v) is 2.58. The van der Waals surface area contributed by atoms with Gasteiger partial charge in [0.05, 0.1) is 5.02 Å². The van der Waals surface area contributed by atoms with E-state index in [0.717, 1.165) is 31.2 Å². The Kier molecular flexibility index (Phi) is 4.98. The molecule has 0 amide bonds. The highest BCUT2D eigenvalue weighted by Crippen LogP contribution is 2.24. The fourth-order valence-electron chi connectivity index (χ4n) is 2.46. The number of aliphatic hydroxyl groups is 1. The molecule has 1 aliphatic carbocycles. The Bertz CT molecular complexity index is 391. The van der Waals surface area contributed by atoms with E-state index in [-0.39, 0.29) is 10.8 Å². The van der Waals surface area contributed by atoms with E-state index in [1.54, 1.807) is 6.07 Å². The maximum Gasteiger partial charge on any atom is 0.142 e. The van der Waals surface area contributed by atoms with Crippen LogP contribution in [0.5, 0.6) is 0 Å². The zero-order valence-electron chi connectivity index (χ0n) is 10.3. The average molecular weight is 272 g/mol. The number of benzene rings is 1. The highest BCUT2D eigenvalue weighted by molar-refractivity contribution is 6.30. The van der Waals surface area contributed by atoms with Gasteiger partial charge in [-0.25, -0.2) is 4.39 Å². The Morgan fingerprint density at radius 1 is 1.28 bits per heavy atom. The van der Waals surface area contributed by atoms with Gasteiger partial charge in [0, 0.05) is 19.2 Å². The molecule has 0 aliphatic heterocycles. The van der Waals surface area contributed by atoms with Crippen LogP contribution < -0.4 is 5.32 Å². The third-order valence-electron chi connectivity index (χ3n) is 3.68. The summed E-state index contributed by atoms with van der Waals surface area (Å²) in [6, 6.07) is 5.40. The van der Waals surface area contributed by atoms with Gasteiger partial charge in [0.15, 0.2) is 0 Å². The van der Waals surface area contributed by atoms with E-state index in [1.165, 1.54) is 6.07 Å². The van der Waals surface area contributed by atoms with Gasteiger partial charge in [0.2, 0.25) is 0 Å². The van der Waals surface area contributed by atoms with Gasteiger partial charge < -0.3 is 10.4 Å². The van der Waals surface area contributed by atoms with Gasteiger partial charge in [-0.2, -0.15) is 0 Å². The number of halogens is 2. The first-order valence-electron chi connectivity index (χ1n) is 6.47. The van der Waals surface area contributed by atoms with Crippen LogP contribution in [-0.4, -0.2) is 17.8 Å². The molecule has 2 rings (SSSR count). The predicted octanol–water partition coefficient (Wildman–Crippen LogP) is 3.12. The lowest BCUT2D eigenvalue weighted by molar-refractivity contribution is 0.175. The summed E-state index contributed by atoms with van der Waals surface area (Å²) in [4.78, 5) is 0. The third-order valence-corrected chi connectivity index (χ3v) is 3.99. The fraction of sp³-hybridized carbons (Fsp3) is 0.571. The molecule has 4 heteroatoms. The van der Waals surface area contributed by atoms with E-state index in [2.05, 4.69) is 5.32 Å². The number of rotatable bonds is 4. The quantitative estimate of drug-likeness (QED) is 0.882. The molecule has 1 fully saturated rings. The molecule has 2 nitrogen and oxygen atoms in total. The number of nitrogens with one attached hydrogen (secondary N) is 1. The van der Waals surface area contributed by atoms with Crippen molar-refractivity contribution in [2.45, 2.75) is 38.3 Å². The maximum atomic E-state index is 13.3. The lowest BCUT2D eigenvalue weighted by Crippen LogP contribution is -2.33. The summed E-state index contributed by atoms with van der Waals surface area (Å²) in [5.41, 5.74) is 0.918. The average Bonchev–Trinajstić information content (AvgIpc) is 2.41. The van der Waals surface area contributed by atoms with Crippen molar-refractivity contribution in [1.82, 2.24) is 5.32 Å². The van der Waals surface area contributed by atoms with E-state index in [0.29, 0.717) is 25.1 Å². The van der Waals surface area contributed by atoms with Crippen molar-refractivity contribution in [2.75, 3.05) is 6.61 Å². The Morgan fingerprint density at radius 3 is 2.61 bits per heavy atom. The molecule has 1 aromatic carbocycles. The second-order valence-corrected chi connectivity index (χ2v) is 5.44. The molecular weight excluding hydrogens is 253 g/mol. The second kappa shape index (κ2) is 6.50. The number of hydrogen-bond acceptors (Lipinski definition) is 2. The largest absolute Gasteiger partial charge is 0.396 e. The monoisotopic (exact) mass is 271 g/mol. The van der Waals surface area contributed by atoms with Crippen LogP contribution in [0.2, 0.25) is 5.02 Å². The van der Waals surface area contributed by atoms with E-state index < -0.39 is 0 Å². The second-order valence-electron chi connectivity index (χ2n) is 5.03. The summed E-state index contributed by atoms with van der Waals surface area (Å²) in [7, 11) is 0. The topological polar surface area (TPSA) is 32.3 Å². The van der Waals surface area contributed by atoms with Crippen LogP contribution in [0.1, 0.15) is 31.2 Å². The Balaban J connectivity index is 1.79. The van der Waals surface area contributed by atoms with Gasteiger partial charge in [-0.15, -0.1) is 0 Å². The first-order chi connectivity index (χ1) is 8.69. The van der Waals surface area contributed by atoms with E-state index >= 15 is 0 Å². The molecule has 2 N–H and O–H groups in total. The van der Waals surface area contributed by atoms with Crippen molar-refractivity contribution in [1.29, 1.82) is 0 Å². The summed E-state index contributed by atoms with van der Waals surface area (Å²) in [6.07, 6.45) is 4.31. The molecule has 0 aromatic heterocycles. The molecule has 0 bridgehead atoms. The molecule has 0 radical (unpaired) electrons. The van der Waals surface area contributed by atoms with Crippen LogP contribution in [0.15, 0.2) is 18.2 Å². The maximum absolute atomic E-state index is 13.3. The normalized spacial score (nSPS) is 24.2.